The summed E-state index contributed by atoms with van der Waals surface area (Å²) in [6, 6.07) is 6.27. The second-order valence-electron chi connectivity index (χ2n) is 14.1. The van der Waals surface area contributed by atoms with Crippen molar-refractivity contribution < 1.29 is 19.4 Å². The van der Waals surface area contributed by atoms with E-state index in [-0.39, 0.29) is 18.0 Å². The van der Waals surface area contributed by atoms with Gasteiger partial charge in [-0.05, 0) is 133 Å². The van der Waals surface area contributed by atoms with E-state index in [4.69, 9.17) is 4.74 Å². The molecule has 6 aliphatic rings. The number of likely N-dealkylation sites (tertiary alicyclic amines) is 1. The number of benzene rings is 1. The van der Waals surface area contributed by atoms with Crippen molar-refractivity contribution in [1.82, 2.24) is 19.6 Å². The molecule has 218 valence electrons. The molecule has 3 saturated carbocycles. The molecule has 2 aliphatic heterocycles. The van der Waals surface area contributed by atoms with Crippen molar-refractivity contribution in [2.75, 3.05) is 53.9 Å². The van der Waals surface area contributed by atoms with E-state index >= 15 is 0 Å². The van der Waals surface area contributed by atoms with Crippen molar-refractivity contribution in [2.45, 2.75) is 86.8 Å². The van der Waals surface area contributed by atoms with Crippen LogP contribution < -0.4 is 4.74 Å². The highest BCUT2D eigenvalue weighted by atomic mass is 16.5. The first-order chi connectivity index (χ1) is 19.2. The van der Waals surface area contributed by atoms with Gasteiger partial charge in [-0.2, -0.15) is 0 Å². The Morgan fingerprint density at radius 2 is 1.80 bits per heavy atom. The molecule has 1 spiro atoms. The van der Waals surface area contributed by atoms with Crippen LogP contribution >= 0.6 is 0 Å². The third-order valence-electron chi connectivity index (χ3n) is 11.4. The Morgan fingerprint density at radius 1 is 1.05 bits per heavy atom. The van der Waals surface area contributed by atoms with Gasteiger partial charge in [0.1, 0.15) is 11.3 Å². The van der Waals surface area contributed by atoms with E-state index in [1.54, 1.807) is 12.0 Å². The van der Waals surface area contributed by atoms with Crippen molar-refractivity contribution in [3.63, 3.8) is 0 Å². The largest absolute Gasteiger partial charge is 0.497 e. The normalized spacial score (nSPS) is 35.5. The van der Waals surface area contributed by atoms with Gasteiger partial charge < -0.3 is 19.6 Å². The molecule has 1 aromatic rings. The molecule has 0 unspecified atom stereocenters. The van der Waals surface area contributed by atoms with Crippen LogP contribution in [0.1, 0.15) is 68.9 Å². The summed E-state index contributed by atoms with van der Waals surface area (Å²) in [5.74, 6) is 1.75. The molecule has 40 heavy (non-hydrogen) atoms. The van der Waals surface area contributed by atoms with Gasteiger partial charge in [0, 0.05) is 24.5 Å². The van der Waals surface area contributed by atoms with E-state index in [1.165, 1.54) is 5.56 Å². The average molecular weight is 551 g/mol. The van der Waals surface area contributed by atoms with Gasteiger partial charge in [-0.15, -0.1) is 0 Å². The fraction of sp³-hybridized carbons (Fsp3) is 0.750. The lowest BCUT2D eigenvalue weighted by Crippen LogP contribution is -2.76. The average Bonchev–Trinajstić information content (AvgIpc) is 3.86. The van der Waals surface area contributed by atoms with Gasteiger partial charge in [-0.3, -0.25) is 14.6 Å². The maximum Gasteiger partial charge on any atom is 0.327 e. The standard InChI is InChI=1S/C32H46N4O4/c1-33(2)14-4-15-34-16-13-30-21-31(28(37)35(19-22-5-6-22)29(38)36(31)20-23-7-8-23)11-12-32(30,39)27(34)17-24-9-10-25(40-3)18-26(24)30/h9-10,18,22-23,27,39H,4-8,11-17,19-21H2,1-3H3/t27-,30-,31+,32-/m1/s1. The summed E-state index contributed by atoms with van der Waals surface area (Å²) < 4.78 is 5.69. The SMILES string of the molecule is COc1ccc2c(c1)[C@]13CCN(CCCN(C)C)[C@H](C2)[C@]1(O)CC[C@]1(C3)C(=O)N(CC2CC2)C(=O)N1CC1CC1. The van der Waals surface area contributed by atoms with Crippen LogP contribution in [-0.2, 0) is 16.6 Å². The van der Waals surface area contributed by atoms with Gasteiger partial charge in [0.2, 0.25) is 0 Å². The zero-order valence-electron chi connectivity index (χ0n) is 24.5. The maximum atomic E-state index is 14.5. The summed E-state index contributed by atoms with van der Waals surface area (Å²) in [7, 11) is 5.91. The summed E-state index contributed by atoms with van der Waals surface area (Å²) in [4.78, 5) is 36.7. The van der Waals surface area contributed by atoms with Crippen LogP contribution in [0.5, 0.6) is 5.75 Å². The number of ether oxygens (including phenoxy) is 1. The van der Waals surface area contributed by atoms with Gasteiger partial charge in [0.05, 0.1) is 12.7 Å². The molecule has 0 aromatic heterocycles. The number of carbonyl (C=O) groups is 2. The van der Waals surface area contributed by atoms with Gasteiger partial charge >= 0.3 is 6.03 Å². The van der Waals surface area contributed by atoms with E-state index in [1.807, 2.05) is 11.0 Å². The first kappa shape index (κ1) is 26.7. The number of urea groups is 1. The lowest BCUT2D eigenvalue weighted by atomic mass is 9.46. The lowest BCUT2D eigenvalue weighted by molar-refractivity contribution is -0.188. The molecule has 2 bridgehead atoms. The van der Waals surface area contributed by atoms with E-state index in [2.05, 4.69) is 36.0 Å². The van der Waals surface area contributed by atoms with Crippen molar-refractivity contribution >= 4 is 11.9 Å². The number of nitrogens with zero attached hydrogens (tertiary/aromatic N) is 4. The van der Waals surface area contributed by atoms with Crippen molar-refractivity contribution in [2.24, 2.45) is 11.8 Å². The first-order valence-electron chi connectivity index (χ1n) is 15.6. The predicted molar refractivity (Wildman–Crippen MR) is 152 cm³/mol. The molecule has 1 aromatic carbocycles. The number of aliphatic hydroxyl groups is 1. The zero-order chi connectivity index (χ0) is 27.9. The summed E-state index contributed by atoms with van der Waals surface area (Å²) in [5.41, 5.74) is -0.0125. The van der Waals surface area contributed by atoms with E-state index in [0.717, 1.165) is 75.9 Å². The fourth-order valence-electron chi connectivity index (χ4n) is 8.82. The molecule has 5 fully saturated rings. The van der Waals surface area contributed by atoms with Crippen molar-refractivity contribution in [3.8, 4) is 5.75 Å². The number of amides is 3. The smallest absolute Gasteiger partial charge is 0.327 e. The van der Waals surface area contributed by atoms with Crippen LogP contribution in [0, 0.1) is 11.8 Å². The summed E-state index contributed by atoms with van der Waals surface area (Å²) >= 11 is 0. The highest BCUT2D eigenvalue weighted by Crippen LogP contribution is 2.62. The minimum Gasteiger partial charge on any atom is -0.497 e. The minimum atomic E-state index is -0.952. The number of hydrogen-bond donors (Lipinski definition) is 1. The number of fused-ring (bicyclic) bond motifs is 1. The molecule has 7 rings (SSSR count). The third kappa shape index (κ3) is 3.96. The van der Waals surface area contributed by atoms with Crippen molar-refractivity contribution in [3.05, 3.63) is 29.3 Å². The monoisotopic (exact) mass is 550 g/mol. The number of carbonyl (C=O) groups excluding carboxylic acids is 2. The quantitative estimate of drug-likeness (QED) is 0.476. The number of rotatable bonds is 9. The van der Waals surface area contributed by atoms with E-state index in [9.17, 15) is 14.7 Å². The molecule has 0 radical (unpaired) electrons. The lowest BCUT2D eigenvalue weighted by Gasteiger charge is -2.66. The highest BCUT2D eigenvalue weighted by molar-refractivity contribution is 6.07. The van der Waals surface area contributed by atoms with Crippen molar-refractivity contribution in [1.29, 1.82) is 0 Å². The molecular formula is C32H46N4O4. The molecule has 1 N–H and O–H groups in total. The molecule has 4 aliphatic carbocycles. The summed E-state index contributed by atoms with van der Waals surface area (Å²) in [6.07, 6.45) is 8.72. The summed E-state index contributed by atoms with van der Waals surface area (Å²) in [5, 5.41) is 12.9. The topological polar surface area (TPSA) is 76.6 Å². The van der Waals surface area contributed by atoms with Crippen LogP contribution in [-0.4, -0.2) is 108 Å². The van der Waals surface area contributed by atoms with Gasteiger partial charge in [0.15, 0.2) is 0 Å². The Morgan fingerprint density at radius 3 is 2.50 bits per heavy atom. The van der Waals surface area contributed by atoms with Crippen LogP contribution in [0.15, 0.2) is 18.2 Å². The Balaban J connectivity index is 1.30. The Hall–Kier alpha value is -2.16. The van der Waals surface area contributed by atoms with Crippen LogP contribution in [0.25, 0.3) is 0 Å². The molecule has 2 saturated heterocycles. The number of hydrogen-bond acceptors (Lipinski definition) is 6. The number of imide groups is 1. The van der Waals surface area contributed by atoms with E-state index in [0.29, 0.717) is 44.2 Å². The van der Waals surface area contributed by atoms with Gasteiger partial charge in [-0.1, -0.05) is 6.07 Å². The second kappa shape index (κ2) is 9.43. The molecular weight excluding hydrogens is 504 g/mol. The van der Waals surface area contributed by atoms with Gasteiger partial charge in [-0.25, -0.2) is 4.79 Å². The predicted octanol–water partition coefficient (Wildman–Crippen LogP) is 3.25. The Kier molecular flexibility index (Phi) is 6.30. The van der Waals surface area contributed by atoms with Gasteiger partial charge in [0.25, 0.3) is 5.91 Å². The van der Waals surface area contributed by atoms with Crippen LogP contribution in [0.4, 0.5) is 4.79 Å². The number of piperidine rings is 1. The second-order valence-corrected chi connectivity index (χ2v) is 14.1. The molecule has 3 amide bonds. The molecule has 4 atom stereocenters. The highest BCUT2D eigenvalue weighted by Gasteiger charge is 2.72. The molecule has 8 heteroatoms. The minimum absolute atomic E-state index is 0.00135. The Bertz CT molecular complexity index is 1200. The van der Waals surface area contributed by atoms with Crippen LogP contribution in [0.2, 0.25) is 0 Å². The zero-order valence-corrected chi connectivity index (χ0v) is 24.5. The molecule has 8 nitrogen and oxygen atoms in total. The van der Waals surface area contributed by atoms with Crippen LogP contribution in [0.3, 0.4) is 0 Å². The Labute approximate surface area is 238 Å². The maximum absolute atomic E-state index is 14.5. The fourth-order valence-corrected chi connectivity index (χ4v) is 8.82. The first-order valence-corrected chi connectivity index (χ1v) is 15.6. The summed E-state index contributed by atoms with van der Waals surface area (Å²) in [6.45, 7) is 4.10. The molecule has 2 heterocycles. The third-order valence-corrected chi connectivity index (χ3v) is 11.4. The number of methoxy groups -OCH3 is 1. The van der Waals surface area contributed by atoms with E-state index < -0.39 is 16.6 Å².